The maximum Gasteiger partial charge on any atom is 0.180 e. The average molecular weight is 736 g/mol. The molecule has 0 N–H and O–H groups in total. The van der Waals surface area contributed by atoms with Crippen LogP contribution >= 0.6 is 11.3 Å². The fourth-order valence-electron chi connectivity index (χ4n) is 7.48. The number of furan rings is 1. The van der Waals surface area contributed by atoms with Crippen LogP contribution in [0.4, 0.5) is 0 Å². The summed E-state index contributed by atoms with van der Waals surface area (Å²) in [6.45, 7) is 0. The highest BCUT2D eigenvalue weighted by Crippen LogP contribution is 2.42. The van der Waals surface area contributed by atoms with Crippen LogP contribution in [0.3, 0.4) is 0 Å². The molecule has 0 atom stereocenters. The van der Waals surface area contributed by atoms with E-state index in [1.165, 1.54) is 15.5 Å². The molecule has 0 saturated carbocycles. The molecule has 6 nitrogen and oxygen atoms in total. The largest absolute Gasteiger partial charge is 0.452 e. The molecule has 4 aromatic heterocycles. The Morgan fingerprint density at radius 2 is 0.946 bits per heavy atom. The minimum absolute atomic E-state index is 0.641. The SMILES string of the molecule is c1ccc(-c2nc(-c3ccccc3)nc(-c3ccc4c(c3)sc3cccc(-c5cccc(-c6nc(-c7ccccc7)c7oc8ccccc8c7n6)c5)c34)n2)cc1. The number of hydrogen-bond acceptors (Lipinski definition) is 7. The van der Waals surface area contributed by atoms with Gasteiger partial charge in [0.25, 0.3) is 0 Å². The molecule has 11 aromatic rings. The Hall–Kier alpha value is -7.35. The molecule has 262 valence electrons. The molecule has 0 aliphatic heterocycles. The lowest BCUT2D eigenvalue weighted by Gasteiger charge is -2.10. The van der Waals surface area contributed by atoms with E-state index in [1.807, 2.05) is 97.1 Å². The monoisotopic (exact) mass is 735 g/mol. The van der Waals surface area contributed by atoms with Crippen molar-refractivity contribution in [1.82, 2.24) is 24.9 Å². The normalized spacial score (nSPS) is 11.6. The van der Waals surface area contributed by atoms with Crippen LogP contribution in [0.2, 0.25) is 0 Å². The molecule has 0 aliphatic carbocycles. The summed E-state index contributed by atoms with van der Waals surface area (Å²) in [7, 11) is 0. The van der Waals surface area contributed by atoms with Crippen LogP contribution in [-0.4, -0.2) is 24.9 Å². The quantitative estimate of drug-likeness (QED) is 0.169. The number of thiophene rings is 1. The fourth-order valence-corrected chi connectivity index (χ4v) is 8.65. The molecule has 7 heteroatoms. The van der Waals surface area contributed by atoms with Gasteiger partial charge in [0.1, 0.15) is 16.8 Å². The third-order valence-corrected chi connectivity index (χ3v) is 11.3. The number of aromatic nitrogens is 5. The minimum Gasteiger partial charge on any atom is -0.452 e. The van der Waals surface area contributed by atoms with E-state index in [9.17, 15) is 0 Å². The highest BCUT2D eigenvalue weighted by atomic mass is 32.1. The molecule has 0 radical (unpaired) electrons. The van der Waals surface area contributed by atoms with Gasteiger partial charge in [-0.05, 0) is 41.5 Å². The number of nitrogens with zero attached hydrogens (tertiary/aromatic N) is 5. The summed E-state index contributed by atoms with van der Waals surface area (Å²) in [6.07, 6.45) is 0. The van der Waals surface area contributed by atoms with Crippen LogP contribution in [-0.2, 0) is 0 Å². The molecule has 0 spiro atoms. The topological polar surface area (TPSA) is 77.6 Å². The van der Waals surface area contributed by atoms with Crippen LogP contribution in [0.5, 0.6) is 0 Å². The lowest BCUT2D eigenvalue weighted by atomic mass is 9.97. The second-order valence-electron chi connectivity index (χ2n) is 13.6. The van der Waals surface area contributed by atoms with Crippen molar-refractivity contribution < 1.29 is 4.42 Å². The van der Waals surface area contributed by atoms with Crippen molar-refractivity contribution in [3.63, 3.8) is 0 Å². The number of fused-ring (bicyclic) bond motifs is 6. The summed E-state index contributed by atoms with van der Waals surface area (Å²) in [4.78, 5) is 25.1. The summed E-state index contributed by atoms with van der Waals surface area (Å²) in [5, 5.41) is 3.37. The molecular weight excluding hydrogens is 707 g/mol. The molecule has 0 amide bonds. The van der Waals surface area contributed by atoms with E-state index in [0.29, 0.717) is 28.9 Å². The van der Waals surface area contributed by atoms with E-state index in [4.69, 9.17) is 29.3 Å². The van der Waals surface area contributed by atoms with Gasteiger partial charge in [0, 0.05) is 53.4 Å². The second-order valence-corrected chi connectivity index (χ2v) is 14.7. The Balaban J connectivity index is 1.03. The van der Waals surface area contributed by atoms with Crippen molar-refractivity contribution in [2.75, 3.05) is 0 Å². The minimum atomic E-state index is 0.641. The van der Waals surface area contributed by atoms with Crippen LogP contribution < -0.4 is 0 Å². The standard InChI is InChI=1S/C49H29N5OS/c1-4-14-30(15-5-1)43-45-44(37-22-10-11-24-39(37)55-45)51-48(50-43)34-21-12-20-33(28-34)36-23-13-25-40-42(36)38-27-26-35(29-41(38)56-40)49-53-46(31-16-6-2-7-17-31)52-47(54-49)32-18-8-3-9-19-32/h1-29H. The Morgan fingerprint density at radius 3 is 1.68 bits per heavy atom. The Bertz CT molecular complexity index is 3190. The van der Waals surface area contributed by atoms with Crippen LogP contribution in [0.15, 0.2) is 180 Å². The first-order valence-electron chi connectivity index (χ1n) is 18.4. The molecule has 0 aliphatic rings. The smallest absolute Gasteiger partial charge is 0.180 e. The predicted octanol–water partition coefficient (Wildman–Crippen LogP) is 12.9. The van der Waals surface area contributed by atoms with Gasteiger partial charge in [-0.1, -0.05) is 146 Å². The van der Waals surface area contributed by atoms with Crippen molar-refractivity contribution in [2.24, 2.45) is 0 Å². The first-order valence-corrected chi connectivity index (χ1v) is 19.2. The van der Waals surface area contributed by atoms with Gasteiger partial charge >= 0.3 is 0 Å². The van der Waals surface area contributed by atoms with Gasteiger partial charge < -0.3 is 4.42 Å². The molecule has 56 heavy (non-hydrogen) atoms. The zero-order valence-electron chi connectivity index (χ0n) is 29.8. The lowest BCUT2D eigenvalue weighted by Crippen LogP contribution is -1.99. The van der Waals surface area contributed by atoms with Crippen LogP contribution in [0.1, 0.15) is 0 Å². The van der Waals surface area contributed by atoms with E-state index in [-0.39, 0.29) is 0 Å². The van der Waals surface area contributed by atoms with E-state index in [1.54, 1.807) is 11.3 Å². The van der Waals surface area contributed by atoms with Gasteiger partial charge in [0.15, 0.2) is 28.9 Å². The molecule has 7 aromatic carbocycles. The maximum atomic E-state index is 6.36. The van der Waals surface area contributed by atoms with Crippen molar-refractivity contribution in [1.29, 1.82) is 0 Å². The zero-order chi connectivity index (χ0) is 37.0. The van der Waals surface area contributed by atoms with Gasteiger partial charge in [0.05, 0.1) is 0 Å². The number of para-hydroxylation sites is 1. The summed E-state index contributed by atoms with van der Waals surface area (Å²) >= 11 is 1.78. The Kier molecular flexibility index (Phi) is 7.57. The molecule has 11 rings (SSSR count). The predicted molar refractivity (Wildman–Crippen MR) is 228 cm³/mol. The zero-order valence-corrected chi connectivity index (χ0v) is 30.6. The third-order valence-electron chi connectivity index (χ3n) is 10.2. The van der Waals surface area contributed by atoms with Gasteiger partial charge in [-0.15, -0.1) is 11.3 Å². The molecule has 0 unspecified atom stereocenters. The highest BCUT2D eigenvalue weighted by Gasteiger charge is 2.20. The third kappa shape index (κ3) is 5.52. The van der Waals surface area contributed by atoms with E-state index < -0.39 is 0 Å². The molecule has 0 fully saturated rings. The van der Waals surface area contributed by atoms with E-state index in [0.717, 1.165) is 65.8 Å². The second kappa shape index (κ2) is 13.2. The first-order chi connectivity index (χ1) is 27.7. The van der Waals surface area contributed by atoms with Gasteiger partial charge in [-0.2, -0.15) is 0 Å². The highest BCUT2D eigenvalue weighted by molar-refractivity contribution is 7.26. The van der Waals surface area contributed by atoms with Crippen LogP contribution in [0.25, 0.3) is 110 Å². The van der Waals surface area contributed by atoms with Crippen molar-refractivity contribution in [3.05, 3.63) is 176 Å². The maximum absolute atomic E-state index is 6.36. The number of benzene rings is 7. The molecule has 4 heterocycles. The van der Waals surface area contributed by atoms with Gasteiger partial charge in [-0.3, -0.25) is 0 Å². The fraction of sp³-hybridized carbons (Fsp3) is 0. The van der Waals surface area contributed by atoms with Crippen molar-refractivity contribution in [3.8, 4) is 67.9 Å². The number of rotatable bonds is 6. The summed E-state index contributed by atoms with van der Waals surface area (Å²) in [6, 6.07) is 60.0. The lowest BCUT2D eigenvalue weighted by molar-refractivity contribution is 0.667. The van der Waals surface area contributed by atoms with Crippen LogP contribution in [0, 0.1) is 0 Å². The number of hydrogen-bond donors (Lipinski definition) is 0. The van der Waals surface area contributed by atoms with Gasteiger partial charge in [0.2, 0.25) is 0 Å². The first kappa shape index (κ1) is 32.1. The van der Waals surface area contributed by atoms with Crippen molar-refractivity contribution in [2.45, 2.75) is 0 Å². The Morgan fingerprint density at radius 1 is 0.375 bits per heavy atom. The van der Waals surface area contributed by atoms with Gasteiger partial charge in [-0.25, -0.2) is 24.9 Å². The van der Waals surface area contributed by atoms with E-state index in [2.05, 4.69) is 78.9 Å². The van der Waals surface area contributed by atoms with E-state index >= 15 is 0 Å². The average Bonchev–Trinajstić information content (AvgIpc) is 3.85. The molecule has 0 bridgehead atoms. The molecule has 0 saturated heterocycles. The van der Waals surface area contributed by atoms with Crippen molar-refractivity contribution >= 4 is 53.6 Å². The summed E-state index contributed by atoms with van der Waals surface area (Å²) < 4.78 is 8.73. The molecular formula is C49H29N5OS. The summed E-state index contributed by atoms with van der Waals surface area (Å²) in [5.41, 5.74) is 10.1. The summed E-state index contributed by atoms with van der Waals surface area (Å²) in [5.74, 6) is 2.59. The Labute approximate surface area is 325 Å².